The quantitative estimate of drug-likeness (QED) is 0.620. The first-order valence-corrected chi connectivity index (χ1v) is 5.50. The lowest BCUT2D eigenvalue weighted by molar-refractivity contribution is -0.525. The van der Waals surface area contributed by atoms with Crippen molar-refractivity contribution in [1.82, 2.24) is 10.7 Å². The van der Waals surface area contributed by atoms with Crippen LogP contribution in [0.4, 0.5) is 0 Å². The zero-order chi connectivity index (χ0) is 14.0. The third-order valence-corrected chi connectivity index (χ3v) is 2.63. The summed E-state index contributed by atoms with van der Waals surface area (Å²) in [6.07, 6.45) is 1.46. The predicted molar refractivity (Wildman–Crippen MR) is 65.5 cm³/mol. The molecule has 0 saturated heterocycles. The number of carbonyl (C=O) groups is 1. The van der Waals surface area contributed by atoms with Gasteiger partial charge in [-0.25, -0.2) is 15.1 Å². The summed E-state index contributed by atoms with van der Waals surface area (Å²) in [5.74, 6) is 0.248. The Morgan fingerprint density at radius 2 is 2.37 bits per heavy atom. The average Bonchev–Trinajstić information content (AvgIpc) is 2.79. The molecule has 0 fully saturated rings. The Hall–Kier alpha value is -2.64. The van der Waals surface area contributed by atoms with Crippen molar-refractivity contribution >= 4 is 11.7 Å². The number of ketones is 1. The summed E-state index contributed by atoms with van der Waals surface area (Å²) in [5, 5.41) is 12.4. The Morgan fingerprint density at radius 3 is 2.89 bits per heavy atom. The maximum Gasteiger partial charge on any atom is 0.259 e. The van der Waals surface area contributed by atoms with E-state index in [1.54, 1.807) is 19.1 Å². The summed E-state index contributed by atoms with van der Waals surface area (Å²) in [6, 6.07) is 2.65. The maximum atomic E-state index is 11.7. The highest BCUT2D eigenvalue weighted by molar-refractivity contribution is 5.98. The lowest BCUT2D eigenvalue weighted by Crippen LogP contribution is -2.43. The number of carbonyl (C=O) groups excluding carboxylic acids is 1. The molecular weight excluding hydrogens is 252 g/mol. The first kappa shape index (κ1) is 12.8. The summed E-state index contributed by atoms with van der Waals surface area (Å²) in [4.78, 5) is 26.2. The molecule has 8 nitrogen and oxygen atoms in total. The standard InChI is InChI=1S/C11H12N4O4/c1-6-9(7(2)16)10(8-4-3-5-19-8)13-11(12-6)14-15(17)18/h3-5,10H,1-2H3,(H2,12,13,14)/t10-/m1/s1. The fraction of sp³-hybridized carbons (Fsp3) is 0.273. The molecule has 100 valence electrons. The molecule has 0 aromatic carbocycles. The minimum atomic E-state index is -0.725. The highest BCUT2D eigenvalue weighted by atomic mass is 16.7. The zero-order valence-corrected chi connectivity index (χ0v) is 10.3. The smallest absolute Gasteiger partial charge is 0.259 e. The van der Waals surface area contributed by atoms with Crippen molar-refractivity contribution < 1.29 is 14.2 Å². The Kier molecular flexibility index (Phi) is 3.32. The van der Waals surface area contributed by atoms with Gasteiger partial charge in [-0.1, -0.05) is 5.43 Å². The van der Waals surface area contributed by atoms with Crippen molar-refractivity contribution in [3.8, 4) is 0 Å². The third-order valence-electron chi connectivity index (χ3n) is 2.63. The van der Waals surface area contributed by atoms with Gasteiger partial charge in [0, 0.05) is 11.3 Å². The lowest BCUT2D eigenvalue weighted by atomic mass is 9.98. The molecule has 1 aromatic heterocycles. The van der Waals surface area contributed by atoms with E-state index in [9.17, 15) is 14.9 Å². The summed E-state index contributed by atoms with van der Waals surface area (Å²) >= 11 is 0. The van der Waals surface area contributed by atoms with E-state index in [1.807, 2.05) is 5.43 Å². The Bertz CT molecular complexity index is 574. The minimum absolute atomic E-state index is 0.0334. The number of nitrogens with one attached hydrogen (secondary N) is 2. The maximum absolute atomic E-state index is 11.7. The highest BCUT2D eigenvalue weighted by Gasteiger charge is 2.29. The second-order valence-corrected chi connectivity index (χ2v) is 3.98. The van der Waals surface area contributed by atoms with Gasteiger partial charge in [0.2, 0.25) is 0 Å². The van der Waals surface area contributed by atoms with Gasteiger partial charge in [0.05, 0.1) is 6.26 Å². The highest BCUT2D eigenvalue weighted by Crippen LogP contribution is 2.30. The van der Waals surface area contributed by atoms with Gasteiger partial charge in [-0.05, 0) is 26.0 Å². The largest absolute Gasteiger partial charge is 0.467 e. The minimum Gasteiger partial charge on any atom is -0.467 e. The van der Waals surface area contributed by atoms with Gasteiger partial charge in [0.1, 0.15) is 11.8 Å². The van der Waals surface area contributed by atoms with Gasteiger partial charge in [-0.3, -0.25) is 4.79 Å². The van der Waals surface area contributed by atoms with Gasteiger partial charge in [0.15, 0.2) is 10.8 Å². The number of furan rings is 1. The number of aliphatic imine (C=N–C) groups is 1. The SMILES string of the molecule is CC(=O)C1=C(C)NC(N[N+](=O)[O-])=N[C@@H]1c1ccco1. The summed E-state index contributed by atoms with van der Waals surface area (Å²) < 4.78 is 5.24. The molecule has 0 aliphatic carbocycles. The molecular formula is C11H12N4O4. The number of allylic oxidation sites excluding steroid dienone is 1. The van der Waals surface area contributed by atoms with Crippen LogP contribution in [0.25, 0.3) is 0 Å². The molecule has 0 bridgehead atoms. The molecule has 1 aliphatic rings. The molecule has 1 atom stereocenters. The van der Waals surface area contributed by atoms with E-state index < -0.39 is 11.1 Å². The van der Waals surface area contributed by atoms with Crippen LogP contribution in [0, 0.1) is 10.1 Å². The van der Waals surface area contributed by atoms with Gasteiger partial charge in [-0.2, -0.15) is 0 Å². The fourth-order valence-corrected chi connectivity index (χ4v) is 1.93. The Balaban J connectivity index is 2.41. The van der Waals surface area contributed by atoms with Crippen molar-refractivity contribution in [3.63, 3.8) is 0 Å². The number of hydrogen-bond donors (Lipinski definition) is 2. The zero-order valence-electron chi connectivity index (χ0n) is 10.3. The number of hydrazine groups is 1. The van der Waals surface area contributed by atoms with Crippen LogP contribution in [0.15, 0.2) is 39.1 Å². The molecule has 1 aliphatic heterocycles. The number of guanidine groups is 1. The van der Waals surface area contributed by atoms with Crippen LogP contribution in [0.2, 0.25) is 0 Å². The van der Waals surface area contributed by atoms with Crippen molar-refractivity contribution in [1.29, 1.82) is 0 Å². The molecule has 1 aromatic rings. The van der Waals surface area contributed by atoms with Crippen LogP contribution in [0.5, 0.6) is 0 Å². The second-order valence-electron chi connectivity index (χ2n) is 3.98. The van der Waals surface area contributed by atoms with Gasteiger partial charge >= 0.3 is 0 Å². The first-order valence-electron chi connectivity index (χ1n) is 5.50. The van der Waals surface area contributed by atoms with E-state index in [2.05, 4.69) is 10.3 Å². The van der Waals surface area contributed by atoms with Crippen LogP contribution in [0.1, 0.15) is 25.6 Å². The fourth-order valence-electron chi connectivity index (χ4n) is 1.93. The van der Waals surface area contributed by atoms with E-state index in [0.29, 0.717) is 17.0 Å². The van der Waals surface area contributed by atoms with Crippen LogP contribution >= 0.6 is 0 Å². The molecule has 0 saturated carbocycles. The second kappa shape index (κ2) is 4.92. The molecule has 0 unspecified atom stereocenters. The Labute approximate surface area is 108 Å². The van der Waals surface area contributed by atoms with E-state index in [4.69, 9.17) is 4.42 Å². The Morgan fingerprint density at radius 1 is 1.63 bits per heavy atom. The van der Waals surface area contributed by atoms with Crippen molar-refractivity contribution in [2.75, 3.05) is 0 Å². The number of rotatable bonds is 3. The van der Waals surface area contributed by atoms with E-state index in [0.717, 1.165) is 0 Å². The van der Waals surface area contributed by atoms with Crippen LogP contribution < -0.4 is 10.7 Å². The third kappa shape index (κ3) is 2.62. The molecule has 2 N–H and O–H groups in total. The van der Waals surface area contributed by atoms with Crippen molar-refractivity contribution in [2.45, 2.75) is 19.9 Å². The van der Waals surface area contributed by atoms with Crippen LogP contribution in [-0.4, -0.2) is 16.8 Å². The molecule has 2 heterocycles. The number of Topliss-reactive ketones (excluding diaryl/α,β-unsaturated/α-hetero) is 1. The lowest BCUT2D eigenvalue weighted by Gasteiger charge is -2.22. The van der Waals surface area contributed by atoms with Crippen LogP contribution in [-0.2, 0) is 4.79 Å². The predicted octanol–water partition coefficient (Wildman–Crippen LogP) is 0.924. The van der Waals surface area contributed by atoms with Gasteiger partial charge < -0.3 is 9.73 Å². The van der Waals surface area contributed by atoms with E-state index in [1.165, 1.54) is 13.2 Å². The van der Waals surface area contributed by atoms with Gasteiger partial charge in [-0.15, -0.1) is 0 Å². The average molecular weight is 264 g/mol. The monoisotopic (exact) mass is 264 g/mol. The van der Waals surface area contributed by atoms with E-state index >= 15 is 0 Å². The molecule has 8 heteroatoms. The van der Waals surface area contributed by atoms with Crippen molar-refractivity contribution in [3.05, 3.63) is 45.5 Å². The summed E-state index contributed by atoms with van der Waals surface area (Å²) in [7, 11) is 0. The number of hydrogen-bond acceptors (Lipinski definition) is 6. The van der Waals surface area contributed by atoms with E-state index in [-0.39, 0.29) is 11.7 Å². The number of nitro groups is 1. The molecule has 0 spiro atoms. The summed E-state index contributed by atoms with van der Waals surface area (Å²) in [5.41, 5.74) is 2.87. The van der Waals surface area contributed by atoms with Crippen molar-refractivity contribution in [2.24, 2.45) is 4.99 Å². The molecule has 2 rings (SSSR count). The molecule has 0 amide bonds. The first-order chi connectivity index (χ1) is 8.99. The van der Waals surface area contributed by atoms with Crippen LogP contribution in [0.3, 0.4) is 0 Å². The molecule has 19 heavy (non-hydrogen) atoms. The normalized spacial score (nSPS) is 18.6. The van der Waals surface area contributed by atoms with Gasteiger partial charge in [0.25, 0.3) is 5.96 Å². The topological polar surface area (TPSA) is 110 Å². The molecule has 0 radical (unpaired) electrons. The number of nitrogens with zero attached hydrogens (tertiary/aromatic N) is 2. The summed E-state index contributed by atoms with van der Waals surface area (Å²) in [6.45, 7) is 3.07.